The van der Waals surface area contributed by atoms with Crippen LogP contribution in [0, 0.1) is 51.8 Å². The maximum atomic E-state index is 15.9. The number of aromatic nitrogens is 3. The number of ether oxygens (including phenoxy) is 6. The van der Waals surface area contributed by atoms with Crippen LogP contribution in [-0.2, 0) is 116 Å². The number of carbonyl (C=O) groups is 6. The summed E-state index contributed by atoms with van der Waals surface area (Å²) in [4.78, 5) is 135. The van der Waals surface area contributed by atoms with Gasteiger partial charge in [0, 0.05) is 118 Å². The van der Waals surface area contributed by atoms with E-state index in [2.05, 4.69) is 30.9 Å². The molecular formula is C94H113Cl3F6N9O15V3-3. The van der Waals surface area contributed by atoms with Crippen molar-refractivity contribution in [1.82, 2.24) is 45.6 Å². The van der Waals surface area contributed by atoms with E-state index in [9.17, 15) is 43.2 Å². The van der Waals surface area contributed by atoms with Gasteiger partial charge in [-0.2, -0.15) is 0 Å². The fourth-order valence-corrected chi connectivity index (χ4v) is 19.3. The molecule has 3 aliphatic carbocycles. The third-order valence-electron chi connectivity index (χ3n) is 26.9. The number of rotatable bonds is 5. The van der Waals surface area contributed by atoms with Crippen LogP contribution in [0.2, 0.25) is 15.1 Å². The Morgan fingerprint density at radius 3 is 1.08 bits per heavy atom. The molecule has 6 aliphatic heterocycles. The molecule has 9 aliphatic rings. The van der Waals surface area contributed by atoms with Gasteiger partial charge in [0.25, 0.3) is 17.8 Å². The Hall–Kier alpha value is -7.28. The van der Waals surface area contributed by atoms with Crippen molar-refractivity contribution in [3.63, 3.8) is 0 Å². The number of halogens is 9. The van der Waals surface area contributed by atoms with Crippen LogP contribution in [0.3, 0.4) is 0 Å². The Morgan fingerprint density at radius 1 is 0.438 bits per heavy atom. The molecule has 3 saturated heterocycles. The van der Waals surface area contributed by atoms with Gasteiger partial charge in [-0.1, -0.05) is 186 Å². The normalized spacial score (nSPS) is 30.5. The second-order valence-electron chi connectivity index (χ2n) is 39.5. The molecule has 6 amide bonds. The van der Waals surface area contributed by atoms with Gasteiger partial charge in [0.2, 0.25) is 35.4 Å². The minimum atomic E-state index is -3.26. The molecule has 0 unspecified atom stereocenters. The Labute approximate surface area is 805 Å². The first kappa shape index (κ1) is 105. The van der Waals surface area contributed by atoms with Crippen LogP contribution >= 0.6 is 34.8 Å². The summed E-state index contributed by atoms with van der Waals surface area (Å²) in [6.45, 7) is 25.0. The molecule has 6 aromatic rings. The first-order valence-electron chi connectivity index (χ1n) is 44.1. The monoisotopic (exact) mass is 1980 g/mol. The van der Waals surface area contributed by atoms with Gasteiger partial charge in [-0.05, 0) is 166 Å². The zero-order chi connectivity index (χ0) is 92.3. The van der Waals surface area contributed by atoms with Gasteiger partial charge >= 0.3 is 18.3 Å². The zero-order valence-electron chi connectivity index (χ0n) is 75.4. The molecular weight excluding hydrogens is 1870 g/mol. The number of alkyl halides is 6. The summed E-state index contributed by atoms with van der Waals surface area (Å²) < 4.78 is 131. The second kappa shape index (κ2) is 41.1. The molecule has 6 fully saturated rings. The summed E-state index contributed by atoms with van der Waals surface area (Å²) in [5.41, 5.74) is -3.47. The van der Waals surface area contributed by atoms with E-state index in [0.29, 0.717) is 118 Å². The Kier molecular flexibility index (Phi) is 33.1. The summed E-state index contributed by atoms with van der Waals surface area (Å²) in [5, 5.41) is 10.9. The van der Waals surface area contributed by atoms with Gasteiger partial charge < -0.3 is 73.5 Å². The number of fused-ring (bicyclic) bond motifs is 15. The van der Waals surface area contributed by atoms with E-state index in [-0.39, 0.29) is 153 Å². The van der Waals surface area contributed by atoms with Crippen molar-refractivity contribution in [3.8, 4) is 17.6 Å². The largest absolute Gasteiger partial charge is 0.540 e. The second-order valence-corrected chi connectivity index (χ2v) is 40.8. The molecule has 3 saturated carbocycles. The first-order valence-corrected chi connectivity index (χ1v) is 45.2. The molecule has 18 atom stereocenters. The van der Waals surface area contributed by atoms with Crippen molar-refractivity contribution >= 4 is 122 Å². The van der Waals surface area contributed by atoms with E-state index in [4.69, 9.17) is 63.2 Å². The van der Waals surface area contributed by atoms with E-state index < -0.39 is 173 Å². The molecule has 3 aromatic heterocycles. The van der Waals surface area contributed by atoms with Crippen molar-refractivity contribution in [2.24, 2.45) is 51.8 Å². The number of hydrogen-bond acceptors (Lipinski definition) is 18. The minimum absolute atomic E-state index is 0. The number of carbonyl (C=O) groups excluding carboxylic acids is 9. The fourth-order valence-electron chi connectivity index (χ4n) is 18.8. The van der Waals surface area contributed by atoms with E-state index in [1.165, 1.54) is 32.9 Å². The number of benzene rings is 3. The molecule has 130 heavy (non-hydrogen) atoms. The smallest absolute Gasteiger partial charge is 0.408 e. The van der Waals surface area contributed by atoms with Gasteiger partial charge in [-0.15, -0.1) is 0 Å². The summed E-state index contributed by atoms with van der Waals surface area (Å²) in [6.07, 6.45) is 6.69. The van der Waals surface area contributed by atoms with Crippen molar-refractivity contribution in [2.45, 2.75) is 296 Å². The van der Waals surface area contributed by atoms with Crippen LogP contribution in [-0.4, -0.2) is 176 Å². The van der Waals surface area contributed by atoms with E-state index in [1.54, 1.807) is 103 Å². The van der Waals surface area contributed by atoms with E-state index in [0.717, 1.165) is 0 Å². The van der Waals surface area contributed by atoms with E-state index >= 15 is 26.3 Å². The number of amides is 6. The minimum Gasteiger partial charge on any atom is -0.540 e. The van der Waals surface area contributed by atoms with Crippen LogP contribution in [0.15, 0.2) is 72.8 Å². The molecule has 15 rings (SSSR count). The zero-order valence-corrected chi connectivity index (χ0v) is 81.8. The predicted octanol–water partition coefficient (Wildman–Crippen LogP) is 18.9. The fraction of sp³-hybridized carbons (Fsp3) is 0.617. The van der Waals surface area contributed by atoms with Crippen LogP contribution in [0.1, 0.15) is 223 Å². The van der Waals surface area contributed by atoms with Crippen LogP contribution in [0.25, 0.3) is 32.7 Å². The number of alkyl carbamates (subject to hydrolysis) is 3. The third-order valence-corrected chi connectivity index (χ3v) is 27.6. The van der Waals surface area contributed by atoms with Crippen LogP contribution in [0.4, 0.5) is 40.7 Å². The van der Waals surface area contributed by atoms with E-state index in [1.807, 2.05) is 67.3 Å². The molecule has 3 aromatic carbocycles. The number of pyridine rings is 3. The Balaban J connectivity index is 0.000000200. The van der Waals surface area contributed by atoms with Crippen molar-refractivity contribution < 1.29 is 154 Å². The summed E-state index contributed by atoms with van der Waals surface area (Å²) in [7, 11) is 0. The SMILES string of the molecule is CC[C@@H]1[C@@H]2CN(C(=O)[C@H](C(C)(C)C)NC(=O)O[C@@H]3C[C@H]3CCCCC(F)(F)c3cc4ccc(Cl)cc4nc3O2)[C@@H]1[C-]=O.CC[C@@H]1[C@@H]2CN(C(=O)[C@H](C(C)(C)C)NC(=O)O[C@]3(C)C[C@H]3CCCCC(F)(F)c3cc4ccc(Cl)cc4nc3O2)[C@@H]1[C-]=O.C[C@@H]1[C@@H]2CN(C(=O)[C@H](C(C)(C)C)NC(=O)O[C@]3(C)C[C@H]3CCCCC(F)(F)c3cc4ccc(Cl)cc4nc3O2)[C@@H]1[C-]=O.[V].[V].[V]. The van der Waals surface area contributed by atoms with Crippen molar-refractivity contribution in [2.75, 3.05) is 19.6 Å². The van der Waals surface area contributed by atoms with Crippen LogP contribution < -0.4 is 30.2 Å². The molecule has 6 bridgehead atoms. The van der Waals surface area contributed by atoms with Gasteiger partial charge in [0.15, 0.2) is 0 Å². The maximum absolute atomic E-state index is 15.9. The predicted molar refractivity (Wildman–Crippen MR) is 464 cm³/mol. The van der Waals surface area contributed by atoms with Crippen molar-refractivity contribution in [1.29, 1.82) is 0 Å². The molecule has 24 nitrogen and oxygen atoms in total. The van der Waals surface area contributed by atoms with Crippen LogP contribution in [0.5, 0.6) is 17.6 Å². The number of hydrogen-bond donors (Lipinski definition) is 3. The molecule has 36 heteroatoms. The average Bonchev–Trinajstić information content (AvgIpc) is 1.52. The topological polar surface area (TPSA) is 293 Å². The molecule has 705 valence electrons. The molecule has 9 heterocycles. The first-order chi connectivity index (χ1) is 59.6. The summed E-state index contributed by atoms with van der Waals surface area (Å²) >= 11 is 18.5. The van der Waals surface area contributed by atoms with Gasteiger partial charge in [-0.3, -0.25) is 14.4 Å². The van der Waals surface area contributed by atoms with Gasteiger partial charge in [0.05, 0.1) is 52.9 Å². The summed E-state index contributed by atoms with van der Waals surface area (Å²) in [6, 6.07) is 12.6. The Morgan fingerprint density at radius 2 is 0.754 bits per heavy atom. The molecule has 3 radical (unpaired) electrons. The van der Waals surface area contributed by atoms with Crippen molar-refractivity contribution in [3.05, 3.63) is 105 Å². The quantitative estimate of drug-likeness (QED) is 0.0821. The Bertz CT molecular complexity index is 5190. The standard InChI is InChI=1S/C32H39ClF2N3O5.2C31H37ClF2N3O5.3V/c1-6-21-24(17-39)38-16-25(21)42-27-22(13-18-10-11-20(33)14-23(18)36-27)32(34,35)12-8-7-9-19-15-31(19,5)43-29(41)37-26(28(38)40)30(2,3)4;1-17-23(16-38)37-15-24(17)41-26-21(12-18-9-10-20(32)13-22(18)35-26)31(33,34)11-7-6-8-19-14-30(19,5)42-28(40)36-25(27(37)39)29(2,3)4;1-5-20-23(16-38)37-15-25(20)41-27-21(12-17-9-10-19(32)14-22(17)35-27)31(33,34)11-7-6-8-18-13-24(18)42-29(40)36-26(28(37)39)30(2,3)4;;;/h10-11,13-14,19,21,24-26H,6-9,12,15-16H2,1-5H3,(H,37,41);9-10,12-13,17,19,23-25H,6-8,11,14-15H2,1-5H3,(H,36,40);9-10,12,14,18,20,23-26H,5-8,11,13,15H2,1-4H3,(H,36,40);;;/q3*-1;;;/t19-,21+,24-,25+,26-,31-;17-,19+,23+,24-,25+,30+;18-,20+,23-,24-,25+,26-;;;/m101.../s1. The third kappa shape index (κ3) is 23.4. The maximum Gasteiger partial charge on any atom is 0.408 e. The summed E-state index contributed by atoms with van der Waals surface area (Å²) in [5.74, 6) is -13.5. The molecule has 0 spiro atoms. The average molecular weight is 1980 g/mol. The molecule has 3 N–H and O–H groups in total. The number of nitrogens with zero attached hydrogens (tertiary/aromatic N) is 6. The van der Waals surface area contributed by atoms with Gasteiger partial charge in [-0.25, -0.2) is 74.5 Å². The van der Waals surface area contributed by atoms with Gasteiger partial charge in [0.1, 0.15) is 53.7 Å². The number of nitrogens with one attached hydrogen (secondary N) is 3.